The molecule has 0 N–H and O–H groups in total. The molecule has 136 valence electrons. The molecule has 0 bridgehead atoms. The van der Waals surface area contributed by atoms with Crippen LogP contribution in [0, 0.1) is 0 Å². The van der Waals surface area contributed by atoms with Gasteiger partial charge in [0.2, 0.25) is 0 Å². The number of amides is 2. The summed E-state index contributed by atoms with van der Waals surface area (Å²) in [5.74, 6) is -0.0254. The molecule has 2 atom stereocenters. The smallest absolute Gasteiger partial charge is 0.288 e. The van der Waals surface area contributed by atoms with E-state index in [4.69, 9.17) is 11.6 Å². The van der Waals surface area contributed by atoms with E-state index in [1.54, 1.807) is 34.1 Å². The maximum Gasteiger partial charge on any atom is 0.329 e. The molecule has 2 aliphatic heterocycles. The number of carbonyl (C=O) groups excluding carboxylic acids is 1. The van der Waals surface area contributed by atoms with Crippen LogP contribution in [0.3, 0.4) is 0 Å². The monoisotopic (exact) mass is 390 g/mol. The molecular weight excluding hydrogens is 372 g/mol. The van der Waals surface area contributed by atoms with Crippen LogP contribution in [0.5, 0.6) is 0 Å². The lowest BCUT2D eigenvalue weighted by atomic mass is 10.1. The highest BCUT2D eigenvalue weighted by molar-refractivity contribution is 7.91. The van der Waals surface area contributed by atoms with Crippen LogP contribution in [0.15, 0.2) is 48.5 Å². The number of carbonyl (C=O) groups is 1. The van der Waals surface area contributed by atoms with E-state index in [0.29, 0.717) is 10.7 Å². The molecule has 2 aromatic rings. The van der Waals surface area contributed by atoms with Crippen LogP contribution in [0.1, 0.15) is 12.5 Å². The largest absolute Gasteiger partial charge is 0.329 e. The Balaban J connectivity index is 1.83. The van der Waals surface area contributed by atoms with Gasteiger partial charge in [-0.25, -0.2) is 13.2 Å². The van der Waals surface area contributed by atoms with E-state index < -0.39 is 15.9 Å². The normalized spacial score (nSPS) is 24.2. The fourth-order valence-electron chi connectivity index (χ4n) is 3.93. The topological polar surface area (TPSA) is 57.7 Å². The summed E-state index contributed by atoms with van der Waals surface area (Å²) in [6, 6.07) is 13.7. The standard InChI is InChI=1S/C19H19ClN2O3S/c1-2-13-5-3-4-6-16(13)22-18-12-26(24,25)11-17(18)21(19(22)23)15-9-7-14(20)8-10-15/h3-10,17-18H,2,11-12H2,1H3. The number of anilines is 2. The minimum Gasteiger partial charge on any atom is -0.288 e. The highest BCUT2D eigenvalue weighted by atomic mass is 35.5. The zero-order valence-electron chi connectivity index (χ0n) is 14.3. The molecule has 4 rings (SSSR count). The van der Waals surface area contributed by atoms with Crippen molar-refractivity contribution in [3.63, 3.8) is 0 Å². The number of hydrogen-bond donors (Lipinski definition) is 0. The number of rotatable bonds is 3. The third kappa shape index (κ3) is 2.77. The Hall–Kier alpha value is -2.05. The first kappa shape index (κ1) is 17.4. The summed E-state index contributed by atoms with van der Waals surface area (Å²) in [5.41, 5.74) is 2.49. The fraction of sp³-hybridized carbons (Fsp3) is 0.316. The zero-order chi connectivity index (χ0) is 18.5. The van der Waals surface area contributed by atoms with Crippen molar-refractivity contribution < 1.29 is 13.2 Å². The van der Waals surface area contributed by atoms with E-state index in [2.05, 4.69) is 0 Å². The number of hydrogen-bond acceptors (Lipinski definition) is 3. The molecule has 0 aromatic heterocycles. The van der Waals surface area contributed by atoms with Crippen molar-refractivity contribution in [1.82, 2.24) is 0 Å². The maximum atomic E-state index is 13.3. The van der Waals surface area contributed by atoms with Gasteiger partial charge in [-0.2, -0.15) is 0 Å². The second-order valence-corrected chi connectivity index (χ2v) is 9.28. The van der Waals surface area contributed by atoms with Crippen molar-refractivity contribution in [3.05, 3.63) is 59.1 Å². The van der Waals surface area contributed by atoms with Gasteiger partial charge in [-0.1, -0.05) is 36.7 Å². The molecule has 2 unspecified atom stereocenters. The van der Waals surface area contributed by atoms with Gasteiger partial charge in [-0.05, 0) is 42.3 Å². The van der Waals surface area contributed by atoms with Crippen LogP contribution in [-0.2, 0) is 16.3 Å². The fourth-order valence-corrected chi connectivity index (χ4v) is 5.98. The minimum absolute atomic E-state index is 0.00839. The highest BCUT2D eigenvalue weighted by Gasteiger charge is 2.54. The first-order valence-electron chi connectivity index (χ1n) is 8.57. The van der Waals surface area contributed by atoms with Gasteiger partial charge in [-0.15, -0.1) is 0 Å². The molecule has 5 nitrogen and oxygen atoms in total. The van der Waals surface area contributed by atoms with Crippen LogP contribution in [0.2, 0.25) is 5.02 Å². The number of nitrogens with zero attached hydrogens (tertiary/aromatic N) is 2. The van der Waals surface area contributed by atoms with Gasteiger partial charge in [0.25, 0.3) is 0 Å². The van der Waals surface area contributed by atoms with Crippen molar-refractivity contribution in [2.45, 2.75) is 25.4 Å². The van der Waals surface area contributed by atoms with E-state index in [0.717, 1.165) is 17.7 Å². The molecule has 2 aromatic carbocycles. The van der Waals surface area contributed by atoms with Crippen LogP contribution >= 0.6 is 11.6 Å². The summed E-state index contributed by atoms with van der Waals surface area (Å²) in [6.45, 7) is 2.03. The average Bonchev–Trinajstić information content (AvgIpc) is 3.04. The van der Waals surface area contributed by atoms with E-state index in [9.17, 15) is 13.2 Å². The second-order valence-electron chi connectivity index (χ2n) is 6.69. The van der Waals surface area contributed by atoms with Crippen LogP contribution < -0.4 is 9.80 Å². The van der Waals surface area contributed by atoms with Crippen molar-refractivity contribution >= 4 is 38.8 Å². The number of aryl methyl sites for hydroxylation is 1. The summed E-state index contributed by atoms with van der Waals surface area (Å²) >= 11 is 5.97. The van der Waals surface area contributed by atoms with Gasteiger partial charge in [-0.3, -0.25) is 9.80 Å². The third-order valence-corrected chi connectivity index (χ3v) is 7.06. The number of sulfone groups is 1. The molecular formula is C19H19ClN2O3S. The molecule has 2 aliphatic rings. The predicted molar refractivity (Wildman–Crippen MR) is 104 cm³/mol. The quantitative estimate of drug-likeness (QED) is 0.753. The Kier molecular flexibility index (Phi) is 4.20. The minimum atomic E-state index is -3.20. The lowest BCUT2D eigenvalue weighted by molar-refractivity contribution is 0.255. The van der Waals surface area contributed by atoms with Gasteiger partial charge in [0.1, 0.15) is 0 Å². The summed E-state index contributed by atoms with van der Waals surface area (Å²) in [7, 11) is -3.20. The lowest BCUT2D eigenvalue weighted by Crippen LogP contribution is -2.38. The number of fused-ring (bicyclic) bond motifs is 1. The Labute approximate surface area is 158 Å². The van der Waals surface area contributed by atoms with Crippen molar-refractivity contribution in [2.24, 2.45) is 0 Å². The van der Waals surface area contributed by atoms with Gasteiger partial charge in [0.15, 0.2) is 9.84 Å². The van der Waals surface area contributed by atoms with Crippen LogP contribution in [0.25, 0.3) is 0 Å². The number of urea groups is 1. The molecule has 2 fully saturated rings. The molecule has 0 saturated carbocycles. The van der Waals surface area contributed by atoms with E-state index in [1.165, 1.54) is 0 Å². The maximum absolute atomic E-state index is 13.3. The average molecular weight is 391 g/mol. The van der Waals surface area contributed by atoms with Gasteiger partial charge in [0.05, 0.1) is 23.6 Å². The number of benzene rings is 2. The Morgan fingerprint density at radius 3 is 2.27 bits per heavy atom. The molecule has 0 radical (unpaired) electrons. The van der Waals surface area contributed by atoms with Gasteiger partial charge >= 0.3 is 6.03 Å². The summed E-state index contributed by atoms with van der Waals surface area (Å²) in [4.78, 5) is 16.6. The van der Waals surface area contributed by atoms with Gasteiger partial charge in [0, 0.05) is 16.4 Å². The molecule has 26 heavy (non-hydrogen) atoms. The zero-order valence-corrected chi connectivity index (χ0v) is 15.9. The molecule has 7 heteroatoms. The highest BCUT2D eigenvalue weighted by Crippen LogP contribution is 2.39. The summed E-state index contributed by atoms with van der Waals surface area (Å²) < 4.78 is 24.7. The van der Waals surface area contributed by atoms with Crippen LogP contribution in [0.4, 0.5) is 16.2 Å². The van der Waals surface area contributed by atoms with Crippen LogP contribution in [-0.4, -0.2) is 38.0 Å². The van der Waals surface area contributed by atoms with E-state index in [1.807, 2.05) is 31.2 Å². The van der Waals surface area contributed by atoms with Crippen molar-refractivity contribution in [3.8, 4) is 0 Å². The second kappa shape index (κ2) is 6.28. The van der Waals surface area contributed by atoms with E-state index in [-0.39, 0.29) is 23.6 Å². The first-order valence-corrected chi connectivity index (χ1v) is 10.8. The Bertz CT molecular complexity index is 959. The Morgan fingerprint density at radius 1 is 1.00 bits per heavy atom. The molecule has 0 aliphatic carbocycles. The molecule has 2 amide bonds. The SMILES string of the molecule is CCc1ccccc1N1C(=O)N(c2ccc(Cl)cc2)C2CS(=O)(=O)CC21. The summed E-state index contributed by atoms with van der Waals surface area (Å²) in [5, 5.41) is 0.573. The molecule has 2 saturated heterocycles. The summed E-state index contributed by atoms with van der Waals surface area (Å²) in [6.07, 6.45) is 0.769. The first-order chi connectivity index (χ1) is 12.4. The van der Waals surface area contributed by atoms with E-state index >= 15 is 0 Å². The van der Waals surface area contributed by atoms with Gasteiger partial charge < -0.3 is 0 Å². The van der Waals surface area contributed by atoms with Crippen molar-refractivity contribution in [2.75, 3.05) is 21.3 Å². The third-order valence-electron chi connectivity index (χ3n) is 5.11. The number of para-hydroxylation sites is 1. The number of halogens is 1. The lowest BCUT2D eigenvalue weighted by Gasteiger charge is -2.24. The van der Waals surface area contributed by atoms with Crippen molar-refractivity contribution in [1.29, 1.82) is 0 Å². The predicted octanol–water partition coefficient (Wildman–Crippen LogP) is 3.51. The Morgan fingerprint density at radius 2 is 1.62 bits per heavy atom. The molecule has 0 spiro atoms. The molecule has 2 heterocycles.